The Morgan fingerprint density at radius 1 is 0.593 bits per heavy atom. The summed E-state index contributed by atoms with van der Waals surface area (Å²) in [6, 6.07) is 0. The predicted molar refractivity (Wildman–Crippen MR) is 113 cm³/mol. The van der Waals surface area contributed by atoms with E-state index >= 15 is 0 Å². The Morgan fingerprint density at radius 3 is 1.37 bits per heavy atom. The van der Waals surface area contributed by atoms with Crippen molar-refractivity contribution in [3.63, 3.8) is 0 Å². The fraction of sp³-hybridized carbons (Fsp3) is 0.957. The molecule has 0 aromatic carbocycles. The number of hydrogen-bond donors (Lipinski definition) is 3. The van der Waals surface area contributed by atoms with E-state index in [0.717, 1.165) is 57.8 Å². The molecule has 162 valence electrons. The average molecular weight is 387 g/mol. The molecule has 0 heterocycles. The molecule has 0 aromatic heterocycles. The number of aliphatic hydroxyl groups is 2. The van der Waals surface area contributed by atoms with Gasteiger partial charge in [-0.2, -0.15) is 0 Å². The highest BCUT2D eigenvalue weighted by atomic mass is 16.4. The molecular formula is C23H46O4. The number of aliphatic hydroxyl groups excluding tert-OH is 2. The summed E-state index contributed by atoms with van der Waals surface area (Å²) in [4.78, 5) is 10.4. The van der Waals surface area contributed by atoms with Crippen LogP contribution in [-0.2, 0) is 4.79 Å². The molecule has 4 nitrogen and oxygen atoms in total. The lowest BCUT2D eigenvalue weighted by atomic mass is 10.0. The number of aliphatic carboxylic acids is 1. The number of hydrogen-bond acceptors (Lipinski definition) is 3. The van der Waals surface area contributed by atoms with Crippen LogP contribution in [0.3, 0.4) is 0 Å². The fourth-order valence-electron chi connectivity index (χ4n) is 3.54. The second-order valence-electron chi connectivity index (χ2n) is 8.20. The molecule has 0 aliphatic rings. The molecule has 0 bridgehead atoms. The Hall–Kier alpha value is -0.610. The molecule has 2 unspecified atom stereocenters. The van der Waals surface area contributed by atoms with Gasteiger partial charge < -0.3 is 15.3 Å². The Morgan fingerprint density at radius 2 is 0.963 bits per heavy atom. The minimum absolute atomic E-state index is 0.232. The topological polar surface area (TPSA) is 77.8 Å². The fourth-order valence-corrected chi connectivity index (χ4v) is 3.54. The van der Waals surface area contributed by atoms with Crippen LogP contribution in [0.4, 0.5) is 0 Å². The van der Waals surface area contributed by atoms with Gasteiger partial charge in [-0.1, -0.05) is 90.4 Å². The standard InChI is InChI=1S/C23H46O4/c1-2-3-16-21(24)19-20-22(25)17-14-12-10-8-6-4-5-7-9-11-13-15-18-23(26)27/h21-22,24-25H,2-20H2,1H3,(H,26,27). The zero-order valence-corrected chi connectivity index (χ0v) is 17.8. The first-order valence-electron chi connectivity index (χ1n) is 11.6. The highest BCUT2D eigenvalue weighted by molar-refractivity contribution is 5.66. The van der Waals surface area contributed by atoms with E-state index in [9.17, 15) is 15.0 Å². The van der Waals surface area contributed by atoms with Crippen molar-refractivity contribution in [1.82, 2.24) is 0 Å². The van der Waals surface area contributed by atoms with Crippen molar-refractivity contribution in [2.45, 2.75) is 141 Å². The first-order chi connectivity index (χ1) is 13.1. The quantitative estimate of drug-likeness (QED) is 0.204. The normalized spacial score (nSPS) is 13.6. The van der Waals surface area contributed by atoms with Crippen LogP contribution >= 0.6 is 0 Å². The van der Waals surface area contributed by atoms with Crippen LogP contribution in [0.2, 0.25) is 0 Å². The highest BCUT2D eigenvalue weighted by Crippen LogP contribution is 2.15. The minimum Gasteiger partial charge on any atom is -0.481 e. The maximum Gasteiger partial charge on any atom is 0.303 e. The van der Waals surface area contributed by atoms with Crippen LogP contribution in [0.1, 0.15) is 129 Å². The zero-order valence-electron chi connectivity index (χ0n) is 17.8. The van der Waals surface area contributed by atoms with E-state index in [1.54, 1.807) is 0 Å². The van der Waals surface area contributed by atoms with E-state index in [-0.39, 0.29) is 12.2 Å². The second-order valence-corrected chi connectivity index (χ2v) is 8.20. The maximum atomic E-state index is 10.4. The molecule has 4 heteroatoms. The molecule has 0 fully saturated rings. The van der Waals surface area contributed by atoms with Crippen LogP contribution in [0.15, 0.2) is 0 Å². The molecule has 27 heavy (non-hydrogen) atoms. The summed E-state index contributed by atoms with van der Waals surface area (Å²) >= 11 is 0. The molecule has 0 amide bonds. The Labute approximate surface area is 167 Å². The smallest absolute Gasteiger partial charge is 0.303 e. The maximum absolute atomic E-state index is 10.4. The van der Waals surface area contributed by atoms with E-state index in [0.29, 0.717) is 6.42 Å². The van der Waals surface area contributed by atoms with Gasteiger partial charge in [0, 0.05) is 6.42 Å². The van der Waals surface area contributed by atoms with Crippen molar-refractivity contribution in [1.29, 1.82) is 0 Å². The van der Waals surface area contributed by atoms with E-state index in [2.05, 4.69) is 6.92 Å². The number of carboxylic acid groups (broad SMARTS) is 1. The van der Waals surface area contributed by atoms with Gasteiger partial charge in [-0.3, -0.25) is 4.79 Å². The average Bonchev–Trinajstić information content (AvgIpc) is 2.64. The van der Waals surface area contributed by atoms with Crippen LogP contribution in [0.25, 0.3) is 0 Å². The molecule has 2 atom stereocenters. The van der Waals surface area contributed by atoms with E-state index in [1.165, 1.54) is 57.8 Å². The minimum atomic E-state index is -0.675. The van der Waals surface area contributed by atoms with Crippen LogP contribution in [0.5, 0.6) is 0 Å². The molecule has 0 rings (SSSR count). The predicted octanol–water partition coefficient (Wildman–Crippen LogP) is 6.22. The van der Waals surface area contributed by atoms with Gasteiger partial charge in [0.2, 0.25) is 0 Å². The molecule has 0 aliphatic carbocycles. The van der Waals surface area contributed by atoms with Crippen molar-refractivity contribution < 1.29 is 20.1 Å². The van der Waals surface area contributed by atoms with Gasteiger partial charge in [0.1, 0.15) is 0 Å². The van der Waals surface area contributed by atoms with Gasteiger partial charge in [-0.05, 0) is 32.1 Å². The molecule has 0 radical (unpaired) electrons. The molecule has 0 aliphatic heterocycles. The molecule has 0 saturated carbocycles. The van der Waals surface area contributed by atoms with Gasteiger partial charge in [-0.15, -0.1) is 0 Å². The molecule has 3 N–H and O–H groups in total. The van der Waals surface area contributed by atoms with Crippen molar-refractivity contribution >= 4 is 5.97 Å². The number of carbonyl (C=O) groups is 1. The summed E-state index contributed by atoms with van der Waals surface area (Å²) in [5.41, 5.74) is 0. The monoisotopic (exact) mass is 386 g/mol. The van der Waals surface area contributed by atoms with Gasteiger partial charge in [0.05, 0.1) is 12.2 Å². The van der Waals surface area contributed by atoms with Gasteiger partial charge >= 0.3 is 5.97 Å². The lowest BCUT2D eigenvalue weighted by molar-refractivity contribution is -0.137. The van der Waals surface area contributed by atoms with E-state index in [1.807, 2.05) is 0 Å². The number of carboxylic acids is 1. The van der Waals surface area contributed by atoms with Crippen molar-refractivity contribution in [3.05, 3.63) is 0 Å². The van der Waals surface area contributed by atoms with Crippen LogP contribution in [-0.4, -0.2) is 33.5 Å². The largest absolute Gasteiger partial charge is 0.481 e. The summed E-state index contributed by atoms with van der Waals surface area (Å²) in [5.74, 6) is -0.675. The number of unbranched alkanes of at least 4 members (excludes halogenated alkanes) is 12. The van der Waals surface area contributed by atoms with Crippen LogP contribution < -0.4 is 0 Å². The molecule has 0 spiro atoms. The summed E-state index contributed by atoms with van der Waals surface area (Å²) in [5, 5.41) is 28.4. The Balaban J connectivity index is 3.20. The lowest BCUT2D eigenvalue weighted by Crippen LogP contribution is -2.13. The van der Waals surface area contributed by atoms with Gasteiger partial charge in [0.25, 0.3) is 0 Å². The van der Waals surface area contributed by atoms with Crippen molar-refractivity contribution in [3.8, 4) is 0 Å². The van der Waals surface area contributed by atoms with E-state index < -0.39 is 5.97 Å². The summed E-state index contributed by atoms with van der Waals surface area (Å²) in [6.07, 6.45) is 19.6. The zero-order chi connectivity index (χ0) is 20.2. The lowest BCUT2D eigenvalue weighted by Gasteiger charge is -2.14. The molecule has 0 saturated heterocycles. The van der Waals surface area contributed by atoms with Gasteiger partial charge in [-0.25, -0.2) is 0 Å². The first kappa shape index (κ1) is 26.4. The highest BCUT2D eigenvalue weighted by Gasteiger charge is 2.08. The molecule has 0 aromatic rings. The third kappa shape index (κ3) is 21.5. The Kier molecular flexibility index (Phi) is 19.7. The van der Waals surface area contributed by atoms with Crippen LogP contribution in [0, 0.1) is 0 Å². The van der Waals surface area contributed by atoms with Crippen molar-refractivity contribution in [2.75, 3.05) is 0 Å². The third-order valence-electron chi connectivity index (χ3n) is 5.40. The number of rotatable bonds is 21. The SMILES string of the molecule is CCCCC(O)CCC(O)CCCCCCCCCCCCCCC(=O)O. The second kappa shape index (κ2) is 20.1. The third-order valence-corrected chi connectivity index (χ3v) is 5.40. The first-order valence-corrected chi connectivity index (χ1v) is 11.6. The van der Waals surface area contributed by atoms with Crippen molar-refractivity contribution in [2.24, 2.45) is 0 Å². The summed E-state index contributed by atoms with van der Waals surface area (Å²) < 4.78 is 0. The van der Waals surface area contributed by atoms with Gasteiger partial charge in [0.15, 0.2) is 0 Å². The Bertz CT molecular complexity index is 320. The summed E-state index contributed by atoms with van der Waals surface area (Å²) in [6.45, 7) is 2.13. The summed E-state index contributed by atoms with van der Waals surface area (Å²) in [7, 11) is 0. The van der Waals surface area contributed by atoms with E-state index in [4.69, 9.17) is 5.11 Å². The molecular weight excluding hydrogens is 340 g/mol.